The number of carbonyl (C=O) groups is 1. The summed E-state index contributed by atoms with van der Waals surface area (Å²) in [6.45, 7) is 0. The van der Waals surface area contributed by atoms with Crippen LogP contribution in [0.15, 0.2) is 16.6 Å². The van der Waals surface area contributed by atoms with Gasteiger partial charge in [0.15, 0.2) is 0 Å². The van der Waals surface area contributed by atoms with E-state index in [1.807, 2.05) is 0 Å². The third kappa shape index (κ3) is 2.02. The van der Waals surface area contributed by atoms with Crippen molar-refractivity contribution in [1.29, 1.82) is 0 Å². The molecule has 0 unspecified atom stereocenters. The maximum atomic E-state index is 10.6. The molecule has 0 saturated heterocycles. The van der Waals surface area contributed by atoms with Gasteiger partial charge < -0.3 is 5.11 Å². The molecule has 14 heavy (non-hydrogen) atoms. The van der Waals surface area contributed by atoms with E-state index in [9.17, 15) is 14.9 Å². The molecule has 0 aromatic heterocycles. The second-order valence-electron chi connectivity index (χ2n) is 2.35. The van der Waals surface area contributed by atoms with Crippen LogP contribution in [0.25, 0.3) is 0 Å². The molecule has 5 nitrogen and oxygen atoms in total. The first kappa shape index (κ1) is 10.9. The molecule has 0 amide bonds. The third-order valence-electron chi connectivity index (χ3n) is 1.45. The van der Waals surface area contributed by atoms with Crippen LogP contribution in [-0.2, 0) is 0 Å². The molecule has 0 saturated carbocycles. The molecule has 0 aliphatic heterocycles. The minimum Gasteiger partial charge on any atom is -0.478 e. The van der Waals surface area contributed by atoms with Gasteiger partial charge in [-0.15, -0.1) is 0 Å². The van der Waals surface area contributed by atoms with Crippen LogP contribution in [0.3, 0.4) is 0 Å². The molecule has 0 aliphatic carbocycles. The zero-order valence-electron chi connectivity index (χ0n) is 6.53. The number of hydrogen-bond acceptors (Lipinski definition) is 3. The molecule has 0 radical (unpaired) electrons. The molecule has 1 rings (SSSR count). The van der Waals surface area contributed by atoms with Crippen LogP contribution < -0.4 is 0 Å². The Morgan fingerprint density at radius 1 is 1.57 bits per heavy atom. The number of rotatable bonds is 2. The van der Waals surface area contributed by atoms with Crippen LogP contribution in [0.4, 0.5) is 5.69 Å². The van der Waals surface area contributed by atoms with E-state index in [0.29, 0.717) is 0 Å². The fourth-order valence-corrected chi connectivity index (χ4v) is 1.45. The molecule has 1 aromatic rings. The van der Waals surface area contributed by atoms with E-state index in [0.717, 1.165) is 12.1 Å². The van der Waals surface area contributed by atoms with Gasteiger partial charge in [-0.1, -0.05) is 11.6 Å². The van der Waals surface area contributed by atoms with Crippen LogP contribution in [0.5, 0.6) is 0 Å². The van der Waals surface area contributed by atoms with Crippen LogP contribution >= 0.6 is 27.5 Å². The highest BCUT2D eigenvalue weighted by molar-refractivity contribution is 9.10. The Morgan fingerprint density at radius 3 is 2.57 bits per heavy atom. The summed E-state index contributed by atoms with van der Waals surface area (Å²) in [6.07, 6.45) is 0. The first-order chi connectivity index (χ1) is 6.43. The average molecular weight is 280 g/mol. The SMILES string of the molecule is O=C(O)c1cc([N+](=O)[O-])cc(Cl)c1Br. The number of nitro groups is 1. The summed E-state index contributed by atoms with van der Waals surface area (Å²) in [4.78, 5) is 20.3. The van der Waals surface area contributed by atoms with E-state index in [1.54, 1.807) is 0 Å². The molecule has 0 fully saturated rings. The zero-order chi connectivity index (χ0) is 10.9. The van der Waals surface area contributed by atoms with Crippen molar-refractivity contribution >= 4 is 39.2 Å². The van der Waals surface area contributed by atoms with Gasteiger partial charge in [0, 0.05) is 12.1 Å². The molecule has 0 aliphatic rings. The average Bonchev–Trinajstić information content (AvgIpc) is 2.08. The molecule has 0 spiro atoms. The zero-order valence-corrected chi connectivity index (χ0v) is 8.87. The van der Waals surface area contributed by atoms with Crippen molar-refractivity contribution in [3.05, 3.63) is 37.3 Å². The molecule has 0 atom stereocenters. The van der Waals surface area contributed by atoms with E-state index in [1.165, 1.54) is 0 Å². The largest absolute Gasteiger partial charge is 0.478 e. The molecule has 0 heterocycles. The van der Waals surface area contributed by atoms with Gasteiger partial charge >= 0.3 is 5.97 Å². The van der Waals surface area contributed by atoms with E-state index in [2.05, 4.69) is 15.9 Å². The maximum absolute atomic E-state index is 10.6. The molecule has 0 bridgehead atoms. The van der Waals surface area contributed by atoms with E-state index in [4.69, 9.17) is 16.7 Å². The van der Waals surface area contributed by atoms with Crippen molar-refractivity contribution in [1.82, 2.24) is 0 Å². The summed E-state index contributed by atoms with van der Waals surface area (Å²) in [7, 11) is 0. The van der Waals surface area contributed by atoms with Gasteiger partial charge in [-0.2, -0.15) is 0 Å². The number of aromatic carboxylic acids is 1. The lowest BCUT2D eigenvalue weighted by Gasteiger charge is -2.01. The predicted octanol–water partition coefficient (Wildman–Crippen LogP) is 2.71. The minimum atomic E-state index is -1.28. The summed E-state index contributed by atoms with van der Waals surface area (Å²) in [5, 5.41) is 19.1. The number of carboxylic acid groups (broad SMARTS) is 1. The number of benzene rings is 1. The predicted molar refractivity (Wildman–Crippen MR) is 52.8 cm³/mol. The first-order valence-corrected chi connectivity index (χ1v) is 4.47. The fraction of sp³-hybridized carbons (Fsp3) is 0. The van der Waals surface area contributed by atoms with Gasteiger partial charge in [-0.05, 0) is 15.9 Å². The van der Waals surface area contributed by atoms with Crippen LogP contribution in [0.1, 0.15) is 10.4 Å². The number of halogens is 2. The van der Waals surface area contributed by atoms with Gasteiger partial charge in [0.25, 0.3) is 5.69 Å². The number of non-ortho nitro benzene ring substituents is 1. The number of carboxylic acids is 1. The highest BCUT2D eigenvalue weighted by Gasteiger charge is 2.18. The van der Waals surface area contributed by atoms with Crippen LogP contribution in [0, 0.1) is 10.1 Å². The van der Waals surface area contributed by atoms with Crippen LogP contribution in [0.2, 0.25) is 5.02 Å². The van der Waals surface area contributed by atoms with Crippen molar-refractivity contribution < 1.29 is 14.8 Å². The Morgan fingerprint density at radius 2 is 2.14 bits per heavy atom. The lowest BCUT2D eigenvalue weighted by Crippen LogP contribution is -2.00. The Balaban J connectivity index is 3.43. The number of nitro benzene ring substituents is 1. The topological polar surface area (TPSA) is 80.4 Å². The fourth-order valence-electron chi connectivity index (χ4n) is 0.836. The second kappa shape index (κ2) is 3.93. The normalized spacial score (nSPS) is 9.86. The highest BCUT2D eigenvalue weighted by Crippen LogP contribution is 2.31. The Kier molecular flexibility index (Phi) is 3.07. The van der Waals surface area contributed by atoms with Crippen molar-refractivity contribution in [2.75, 3.05) is 0 Å². The monoisotopic (exact) mass is 279 g/mol. The quantitative estimate of drug-likeness (QED) is 0.667. The second-order valence-corrected chi connectivity index (χ2v) is 3.55. The van der Waals surface area contributed by atoms with Crippen molar-refractivity contribution in [3.63, 3.8) is 0 Å². The van der Waals surface area contributed by atoms with E-state index in [-0.39, 0.29) is 20.7 Å². The van der Waals surface area contributed by atoms with Gasteiger partial charge in [0.2, 0.25) is 0 Å². The summed E-state index contributed by atoms with van der Waals surface area (Å²) < 4.78 is 0.136. The highest BCUT2D eigenvalue weighted by atomic mass is 79.9. The Hall–Kier alpha value is -1.14. The summed E-state index contributed by atoms with van der Waals surface area (Å²) in [5.41, 5.74) is -0.584. The van der Waals surface area contributed by atoms with E-state index < -0.39 is 10.9 Å². The molecule has 7 heteroatoms. The molecule has 74 valence electrons. The Labute approximate surface area is 91.6 Å². The summed E-state index contributed by atoms with van der Waals surface area (Å²) >= 11 is 8.52. The molecule has 1 aromatic carbocycles. The van der Waals surface area contributed by atoms with Gasteiger partial charge in [-0.3, -0.25) is 10.1 Å². The smallest absolute Gasteiger partial charge is 0.337 e. The van der Waals surface area contributed by atoms with Crippen molar-refractivity contribution in [3.8, 4) is 0 Å². The third-order valence-corrected chi connectivity index (χ3v) is 2.83. The van der Waals surface area contributed by atoms with E-state index >= 15 is 0 Å². The van der Waals surface area contributed by atoms with Crippen LogP contribution in [-0.4, -0.2) is 16.0 Å². The number of nitrogens with zero attached hydrogens (tertiary/aromatic N) is 1. The molecule has 1 N–H and O–H groups in total. The van der Waals surface area contributed by atoms with Gasteiger partial charge in [-0.25, -0.2) is 4.79 Å². The molecular formula is C7H3BrClNO4. The number of hydrogen-bond donors (Lipinski definition) is 1. The maximum Gasteiger partial charge on any atom is 0.337 e. The van der Waals surface area contributed by atoms with Crippen molar-refractivity contribution in [2.24, 2.45) is 0 Å². The van der Waals surface area contributed by atoms with Crippen molar-refractivity contribution in [2.45, 2.75) is 0 Å². The van der Waals surface area contributed by atoms with Gasteiger partial charge in [0.1, 0.15) is 0 Å². The summed E-state index contributed by atoms with van der Waals surface area (Å²) in [6, 6.07) is 2.02. The lowest BCUT2D eigenvalue weighted by molar-refractivity contribution is -0.384. The van der Waals surface area contributed by atoms with Gasteiger partial charge in [0.05, 0.1) is 20.0 Å². The summed E-state index contributed by atoms with van der Waals surface area (Å²) in [5.74, 6) is -1.28. The standard InChI is InChI=1S/C7H3BrClNO4/c8-6-4(7(11)12)1-3(10(13)14)2-5(6)9/h1-2H,(H,11,12). The molecular weight excluding hydrogens is 277 g/mol. The Bertz CT molecular complexity index is 420. The first-order valence-electron chi connectivity index (χ1n) is 3.30. The lowest BCUT2D eigenvalue weighted by atomic mass is 10.2. The minimum absolute atomic E-state index is 0.00315.